The number of likely N-dealkylation sites (N-methyl/N-ethyl adjacent to an activating group) is 1. The Balaban J connectivity index is 2.04. The van der Waals surface area contributed by atoms with Crippen molar-refractivity contribution in [3.63, 3.8) is 0 Å². The van der Waals surface area contributed by atoms with E-state index in [0.717, 1.165) is 16.8 Å². The molecule has 0 heterocycles. The van der Waals surface area contributed by atoms with E-state index >= 15 is 0 Å². The molecule has 1 unspecified atom stereocenters. The summed E-state index contributed by atoms with van der Waals surface area (Å²) < 4.78 is 14.0. The largest absolute Gasteiger partial charge is 0.316 e. The summed E-state index contributed by atoms with van der Waals surface area (Å²) in [4.78, 5) is 0. The first-order valence-electron chi connectivity index (χ1n) is 7.32. The predicted octanol–water partition coefficient (Wildman–Crippen LogP) is 4.69. The van der Waals surface area contributed by atoms with E-state index in [1.807, 2.05) is 13.1 Å². The molecule has 0 amide bonds. The van der Waals surface area contributed by atoms with Gasteiger partial charge in [-0.3, -0.25) is 0 Å². The van der Waals surface area contributed by atoms with Gasteiger partial charge in [0, 0.05) is 10.5 Å². The summed E-state index contributed by atoms with van der Waals surface area (Å²) >= 11 is 3.48. The van der Waals surface area contributed by atoms with Gasteiger partial charge in [0.1, 0.15) is 5.82 Å². The van der Waals surface area contributed by atoms with Crippen LogP contribution in [0.1, 0.15) is 44.1 Å². The zero-order chi connectivity index (χ0) is 13.7. The standard InChI is InChI=1S/C16H23BrFN/c1-19-16(12-6-4-2-3-5-7-12)10-13-8-9-14(18)11-15(13)17/h8-9,11-12,16,19H,2-7,10H2,1H3. The Kier molecular flexibility index (Phi) is 5.83. The fourth-order valence-corrected chi connectivity index (χ4v) is 3.65. The van der Waals surface area contributed by atoms with Gasteiger partial charge in [0.05, 0.1) is 0 Å². The number of hydrogen-bond acceptors (Lipinski definition) is 1. The molecule has 19 heavy (non-hydrogen) atoms. The molecule has 1 aromatic carbocycles. The second-order valence-corrected chi connectivity index (χ2v) is 6.44. The summed E-state index contributed by atoms with van der Waals surface area (Å²) in [7, 11) is 2.05. The predicted molar refractivity (Wildman–Crippen MR) is 81.8 cm³/mol. The van der Waals surface area contributed by atoms with Gasteiger partial charge in [-0.25, -0.2) is 4.39 Å². The van der Waals surface area contributed by atoms with Crippen molar-refractivity contribution in [2.24, 2.45) is 5.92 Å². The second-order valence-electron chi connectivity index (χ2n) is 5.59. The molecular formula is C16H23BrFN. The lowest BCUT2D eigenvalue weighted by Crippen LogP contribution is -2.35. The monoisotopic (exact) mass is 327 g/mol. The van der Waals surface area contributed by atoms with E-state index in [4.69, 9.17) is 0 Å². The average molecular weight is 328 g/mol. The summed E-state index contributed by atoms with van der Waals surface area (Å²) in [6.45, 7) is 0. The fraction of sp³-hybridized carbons (Fsp3) is 0.625. The third kappa shape index (κ3) is 4.28. The maximum Gasteiger partial charge on any atom is 0.124 e. The number of rotatable bonds is 4. The molecule has 0 aliphatic heterocycles. The van der Waals surface area contributed by atoms with Crippen LogP contribution in [0.25, 0.3) is 0 Å². The molecule has 0 bridgehead atoms. The maximum atomic E-state index is 13.1. The molecule has 1 fully saturated rings. The van der Waals surface area contributed by atoms with Gasteiger partial charge in [-0.2, -0.15) is 0 Å². The zero-order valence-electron chi connectivity index (χ0n) is 11.6. The molecule has 1 aliphatic carbocycles. The van der Waals surface area contributed by atoms with Gasteiger partial charge < -0.3 is 5.32 Å². The molecule has 1 N–H and O–H groups in total. The van der Waals surface area contributed by atoms with Crippen LogP contribution in [0.2, 0.25) is 0 Å². The topological polar surface area (TPSA) is 12.0 Å². The molecule has 1 nitrogen and oxygen atoms in total. The Morgan fingerprint density at radius 2 is 1.95 bits per heavy atom. The van der Waals surface area contributed by atoms with Crippen LogP contribution < -0.4 is 5.32 Å². The third-order valence-electron chi connectivity index (χ3n) is 4.29. The van der Waals surface area contributed by atoms with Crippen LogP contribution in [-0.2, 0) is 6.42 Å². The average Bonchev–Trinajstić information content (AvgIpc) is 2.67. The fourth-order valence-electron chi connectivity index (χ4n) is 3.14. The molecule has 1 saturated carbocycles. The van der Waals surface area contributed by atoms with Gasteiger partial charge >= 0.3 is 0 Å². The van der Waals surface area contributed by atoms with Crippen molar-refractivity contribution in [2.75, 3.05) is 7.05 Å². The van der Waals surface area contributed by atoms with E-state index in [2.05, 4.69) is 21.2 Å². The minimum atomic E-state index is -0.175. The van der Waals surface area contributed by atoms with Crippen LogP contribution in [0, 0.1) is 11.7 Å². The minimum absolute atomic E-state index is 0.175. The summed E-state index contributed by atoms with van der Waals surface area (Å²) in [5.41, 5.74) is 1.20. The highest BCUT2D eigenvalue weighted by atomic mass is 79.9. The first-order valence-corrected chi connectivity index (χ1v) is 8.11. The number of benzene rings is 1. The molecule has 106 valence electrons. The van der Waals surface area contributed by atoms with Crippen LogP contribution in [0.15, 0.2) is 22.7 Å². The van der Waals surface area contributed by atoms with E-state index in [-0.39, 0.29) is 5.82 Å². The van der Waals surface area contributed by atoms with Crippen molar-refractivity contribution in [3.05, 3.63) is 34.1 Å². The van der Waals surface area contributed by atoms with Crippen molar-refractivity contribution in [1.29, 1.82) is 0 Å². The lowest BCUT2D eigenvalue weighted by atomic mass is 9.88. The molecule has 1 atom stereocenters. The van der Waals surface area contributed by atoms with E-state index < -0.39 is 0 Å². The van der Waals surface area contributed by atoms with Gasteiger partial charge in [-0.15, -0.1) is 0 Å². The van der Waals surface area contributed by atoms with Gasteiger partial charge in [-0.1, -0.05) is 47.7 Å². The number of halogens is 2. The zero-order valence-corrected chi connectivity index (χ0v) is 13.2. The van der Waals surface area contributed by atoms with Crippen molar-refractivity contribution in [2.45, 2.75) is 51.0 Å². The summed E-state index contributed by atoms with van der Waals surface area (Å²) in [6, 6.07) is 5.52. The quantitative estimate of drug-likeness (QED) is 0.791. The van der Waals surface area contributed by atoms with E-state index in [9.17, 15) is 4.39 Å². The van der Waals surface area contributed by atoms with Crippen LogP contribution in [0.5, 0.6) is 0 Å². The lowest BCUT2D eigenvalue weighted by Gasteiger charge is -2.26. The first kappa shape index (κ1) is 15.0. The third-order valence-corrected chi connectivity index (χ3v) is 5.03. The second kappa shape index (κ2) is 7.39. The van der Waals surface area contributed by atoms with Crippen LogP contribution in [0.3, 0.4) is 0 Å². The highest BCUT2D eigenvalue weighted by Gasteiger charge is 2.22. The Bertz CT molecular complexity index is 400. The SMILES string of the molecule is CNC(Cc1ccc(F)cc1Br)C1CCCCCC1. The maximum absolute atomic E-state index is 13.1. The van der Waals surface area contributed by atoms with Gasteiger partial charge in [0.15, 0.2) is 0 Å². The molecule has 1 aliphatic rings. The summed E-state index contributed by atoms with van der Waals surface area (Å²) in [6.07, 6.45) is 9.10. The molecule has 0 radical (unpaired) electrons. The van der Waals surface area contributed by atoms with Crippen LogP contribution >= 0.6 is 15.9 Å². The van der Waals surface area contributed by atoms with Crippen LogP contribution in [-0.4, -0.2) is 13.1 Å². The molecular weight excluding hydrogens is 305 g/mol. The number of hydrogen-bond donors (Lipinski definition) is 1. The molecule has 2 rings (SSSR count). The molecule has 3 heteroatoms. The van der Waals surface area contributed by atoms with Crippen molar-refractivity contribution in [3.8, 4) is 0 Å². The highest BCUT2D eigenvalue weighted by molar-refractivity contribution is 9.10. The molecule has 1 aromatic rings. The van der Waals surface area contributed by atoms with E-state index in [0.29, 0.717) is 6.04 Å². The molecule has 0 saturated heterocycles. The van der Waals surface area contributed by atoms with Crippen molar-refractivity contribution >= 4 is 15.9 Å². The van der Waals surface area contributed by atoms with Gasteiger partial charge in [-0.05, 0) is 49.9 Å². The van der Waals surface area contributed by atoms with Crippen molar-refractivity contribution in [1.82, 2.24) is 5.32 Å². The summed E-state index contributed by atoms with van der Waals surface area (Å²) in [5.74, 6) is 0.579. The van der Waals surface area contributed by atoms with Crippen molar-refractivity contribution < 1.29 is 4.39 Å². The lowest BCUT2D eigenvalue weighted by molar-refractivity contribution is 0.332. The normalized spacial score (nSPS) is 19.1. The Morgan fingerprint density at radius 1 is 1.26 bits per heavy atom. The Labute approximate surface area is 124 Å². The van der Waals surface area contributed by atoms with Gasteiger partial charge in [0.2, 0.25) is 0 Å². The first-order chi connectivity index (χ1) is 9.20. The molecule has 0 spiro atoms. The Hall–Kier alpha value is -0.410. The minimum Gasteiger partial charge on any atom is -0.316 e. The highest BCUT2D eigenvalue weighted by Crippen LogP contribution is 2.28. The van der Waals surface area contributed by atoms with Gasteiger partial charge in [0.25, 0.3) is 0 Å². The summed E-state index contributed by atoms with van der Waals surface area (Å²) in [5, 5.41) is 3.48. The number of nitrogens with one attached hydrogen (secondary N) is 1. The smallest absolute Gasteiger partial charge is 0.124 e. The Morgan fingerprint density at radius 3 is 2.53 bits per heavy atom. The van der Waals surface area contributed by atoms with E-state index in [1.54, 1.807) is 12.1 Å². The van der Waals surface area contributed by atoms with E-state index in [1.165, 1.54) is 44.1 Å². The van der Waals surface area contributed by atoms with Crippen LogP contribution in [0.4, 0.5) is 4.39 Å². The molecule has 0 aromatic heterocycles.